The zero-order valence-electron chi connectivity index (χ0n) is 11.2. The fourth-order valence-corrected chi connectivity index (χ4v) is 2.60. The van der Waals surface area contributed by atoms with E-state index in [9.17, 15) is 9.59 Å². The highest BCUT2D eigenvalue weighted by Gasteiger charge is 2.37. The first-order chi connectivity index (χ1) is 8.61. The minimum atomic E-state index is -0.195. The predicted molar refractivity (Wildman–Crippen MR) is 73.0 cm³/mol. The van der Waals surface area contributed by atoms with Crippen molar-refractivity contribution in [2.24, 2.45) is 11.7 Å². The summed E-state index contributed by atoms with van der Waals surface area (Å²) >= 11 is 0. The lowest BCUT2D eigenvalue weighted by Gasteiger charge is -2.20. The minimum absolute atomic E-state index is 0. The number of halogens is 1. The number of rotatable bonds is 4. The van der Waals surface area contributed by atoms with Crippen molar-refractivity contribution < 1.29 is 14.3 Å². The van der Waals surface area contributed by atoms with Crippen molar-refractivity contribution in [3.05, 3.63) is 0 Å². The second kappa shape index (κ2) is 7.07. The van der Waals surface area contributed by atoms with Crippen LogP contribution in [0.3, 0.4) is 0 Å². The first-order valence-electron chi connectivity index (χ1n) is 6.43. The quantitative estimate of drug-likeness (QED) is 0.755. The lowest BCUT2D eigenvalue weighted by atomic mass is 10.1. The normalized spacial score (nSPS) is 26.7. The van der Waals surface area contributed by atoms with Crippen molar-refractivity contribution >= 4 is 24.2 Å². The first kappa shape index (κ1) is 16.2. The Hall–Kier alpha value is -0.850. The number of amides is 2. The molecule has 0 bridgehead atoms. The van der Waals surface area contributed by atoms with E-state index in [1.54, 1.807) is 16.9 Å². The van der Waals surface area contributed by atoms with E-state index >= 15 is 0 Å². The van der Waals surface area contributed by atoms with E-state index in [4.69, 9.17) is 10.5 Å². The maximum absolute atomic E-state index is 12.2. The zero-order valence-corrected chi connectivity index (χ0v) is 12.0. The smallest absolute Gasteiger partial charge is 0.228 e. The Bertz CT molecular complexity index is 340. The number of carbonyl (C=O) groups excluding carboxylic acids is 2. The summed E-state index contributed by atoms with van der Waals surface area (Å²) < 4.78 is 4.96. The Labute approximate surface area is 119 Å². The van der Waals surface area contributed by atoms with Crippen LogP contribution in [0.5, 0.6) is 0 Å². The Morgan fingerprint density at radius 3 is 2.79 bits per heavy atom. The fraction of sp³-hybridized carbons (Fsp3) is 0.833. The topological polar surface area (TPSA) is 75.9 Å². The molecule has 110 valence electrons. The highest BCUT2D eigenvalue weighted by Crippen LogP contribution is 2.21. The molecular weight excluding hydrogens is 270 g/mol. The van der Waals surface area contributed by atoms with Crippen LogP contribution < -0.4 is 5.73 Å². The van der Waals surface area contributed by atoms with Gasteiger partial charge in [0.05, 0.1) is 12.5 Å². The van der Waals surface area contributed by atoms with Crippen molar-refractivity contribution in [2.45, 2.75) is 18.9 Å². The molecule has 2 aliphatic heterocycles. The molecule has 2 heterocycles. The van der Waals surface area contributed by atoms with Crippen LogP contribution in [0, 0.1) is 5.92 Å². The molecule has 0 spiro atoms. The molecule has 1 unspecified atom stereocenters. The summed E-state index contributed by atoms with van der Waals surface area (Å²) in [6, 6.07) is 0.0932. The van der Waals surface area contributed by atoms with Gasteiger partial charge in [-0.3, -0.25) is 9.59 Å². The van der Waals surface area contributed by atoms with Gasteiger partial charge < -0.3 is 20.3 Å². The summed E-state index contributed by atoms with van der Waals surface area (Å²) in [7, 11) is 1.61. The van der Waals surface area contributed by atoms with Crippen LogP contribution >= 0.6 is 12.4 Å². The van der Waals surface area contributed by atoms with Gasteiger partial charge in [-0.05, 0) is 6.42 Å². The Kier molecular flexibility index (Phi) is 6.03. The van der Waals surface area contributed by atoms with Gasteiger partial charge in [-0.25, -0.2) is 0 Å². The second-order valence-electron chi connectivity index (χ2n) is 5.07. The van der Waals surface area contributed by atoms with E-state index in [1.165, 1.54) is 0 Å². The highest BCUT2D eigenvalue weighted by atomic mass is 35.5. The Balaban J connectivity index is 0.00000180. The second-order valence-corrected chi connectivity index (χ2v) is 5.07. The fourth-order valence-electron chi connectivity index (χ4n) is 2.60. The van der Waals surface area contributed by atoms with Crippen molar-refractivity contribution in [1.82, 2.24) is 9.80 Å². The van der Waals surface area contributed by atoms with Crippen LogP contribution in [0.15, 0.2) is 0 Å². The molecule has 2 N–H and O–H groups in total. The van der Waals surface area contributed by atoms with Gasteiger partial charge in [-0.2, -0.15) is 0 Å². The van der Waals surface area contributed by atoms with Crippen molar-refractivity contribution in [3.8, 4) is 0 Å². The summed E-state index contributed by atoms with van der Waals surface area (Å²) in [6.07, 6.45) is 1.19. The van der Waals surface area contributed by atoms with Gasteiger partial charge in [-0.15, -0.1) is 12.4 Å². The van der Waals surface area contributed by atoms with Crippen molar-refractivity contribution in [3.63, 3.8) is 0 Å². The van der Waals surface area contributed by atoms with Crippen molar-refractivity contribution in [1.29, 1.82) is 0 Å². The molecule has 0 aliphatic carbocycles. The molecule has 0 radical (unpaired) electrons. The van der Waals surface area contributed by atoms with Gasteiger partial charge in [0.25, 0.3) is 0 Å². The SMILES string of the molecule is COCCN1CC(C(=O)N2CC[C@@H](N)C2)CC1=O.Cl. The van der Waals surface area contributed by atoms with Gasteiger partial charge in [0, 0.05) is 45.8 Å². The number of carbonyl (C=O) groups is 2. The molecule has 2 fully saturated rings. The molecule has 2 saturated heterocycles. The Morgan fingerprint density at radius 2 is 2.21 bits per heavy atom. The van der Waals surface area contributed by atoms with E-state index in [-0.39, 0.29) is 36.2 Å². The average Bonchev–Trinajstić information content (AvgIpc) is 2.92. The maximum atomic E-state index is 12.2. The lowest BCUT2D eigenvalue weighted by molar-refractivity contribution is -0.134. The van der Waals surface area contributed by atoms with E-state index < -0.39 is 0 Å². The standard InChI is InChI=1S/C12H21N3O3.ClH/c1-18-5-4-14-7-9(6-11(14)16)12(17)15-3-2-10(13)8-15;/h9-10H,2-8,13H2,1H3;1H/t9?,10-;/m1./s1. The molecule has 2 aliphatic rings. The molecule has 2 rings (SSSR count). The molecule has 7 heteroatoms. The molecule has 6 nitrogen and oxygen atoms in total. The van der Waals surface area contributed by atoms with Crippen LogP contribution in [-0.4, -0.2) is 67.6 Å². The van der Waals surface area contributed by atoms with E-state index in [0.29, 0.717) is 32.7 Å². The number of hydrogen-bond donors (Lipinski definition) is 1. The monoisotopic (exact) mass is 291 g/mol. The maximum Gasteiger partial charge on any atom is 0.228 e. The Morgan fingerprint density at radius 1 is 1.47 bits per heavy atom. The van der Waals surface area contributed by atoms with Gasteiger partial charge in [0.15, 0.2) is 0 Å². The van der Waals surface area contributed by atoms with Gasteiger partial charge in [0.2, 0.25) is 11.8 Å². The molecule has 2 amide bonds. The van der Waals surface area contributed by atoms with Crippen LogP contribution in [0.25, 0.3) is 0 Å². The molecule has 2 atom stereocenters. The number of ether oxygens (including phenoxy) is 1. The minimum Gasteiger partial charge on any atom is -0.383 e. The highest BCUT2D eigenvalue weighted by molar-refractivity contribution is 5.89. The van der Waals surface area contributed by atoms with E-state index in [2.05, 4.69) is 0 Å². The number of likely N-dealkylation sites (tertiary alicyclic amines) is 2. The van der Waals surface area contributed by atoms with Crippen LogP contribution in [0.2, 0.25) is 0 Å². The molecule has 0 aromatic heterocycles. The van der Waals surface area contributed by atoms with E-state index in [1.807, 2.05) is 0 Å². The summed E-state index contributed by atoms with van der Waals surface area (Å²) in [5, 5.41) is 0. The largest absolute Gasteiger partial charge is 0.383 e. The number of nitrogens with zero attached hydrogens (tertiary/aromatic N) is 2. The van der Waals surface area contributed by atoms with Crippen LogP contribution in [-0.2, 0) is 14.3 Å². The van der Waals surface area contributed by atoms with Gasteiger partial charge in [-0.1, -0.05) is 0 Å². The third-order valence-electron chi connectivity index (χ3n) is 3.67. The molecular formula is C12H22ClN3O3. The summed E-state index contributed by atoms with van der Waals surface area (Å²) in [6.45, 7) is 2.96. The molecule has 19 heavy (non-hydrogen) atoms. The van der Waals surface area contributed by atoms with Gasteiger partial charge >= 0.3 is 0 Å². The number of hydrogen-bond acceptors (Lipinski definition) is 4. The summed E-state index contributed by atoms with van der Waals surface area (Å²) in [5.74, 6) is -0.0650. The number of methoxy groups -OCH3 is 1. The van der Waals surface area contributed by atoms with Crippen molar-refractivity contribution in [2.75, 3.05) is 39.9 Å². The molecule has 0 aromatic rings. The summed E-state index contributed by atoms with van der Waals surface area (Å²) in [4.78, 5) is 27.5. The van der Waals surface area contributed by atoms with Crippen LogP contribution in [0.1, 0.15) is 12.8 Å². The molecule has 0 saturated carbocycles. The third kappa shape index (κ3) is 3.81. The third-order valence-corrected chi connectivity index (χ3v) is 3.67. The molecule has 0 aromatic carbocycles. The van der Waals surface area contributed by atoms with E-state index in [0.717, 1.165) is 13.0 Å². The van der Waals surface area contributed by atoms with Crippen LogP contribution in [0.4, 0.5) is 0 Å². The summed E-state index contributed by atoms with van der Waals surface area (Å²) in [5.41, 5.74) is 5.79. The predicted octanol–water partition coefficient (Wildman–Crippen LogP) is -0.537. The first-order valence-corrected chi connectivity index (χ1v) is 6.43. The zero-order chi connectivity index (χ0) is 13.1. The number of nitrogens with two attached hydrogens (primary N) is 1. The lowest BCUT2D eigenvalue weighted by Crippen LogP contribution is -2.37. The van der Waals surface area contributed by atoms with Gasteiger partial charge in [0.1, 0.15) is 0 Å². The average molecular weight is 292 g/mol.